The molecule has 6 aromatic rings. The first-order chi connectivity index (χ1) is 23.9. The van der Waals surface area contributed by atoms with Crippen LogP contribution in [0.4, 0.5) is 11.5 Å². The number of fused-ring (bicyclic) bond motifs is 2. The Morgan fingerprint density at radius 2 is 1.65 bits per heavy atom. The van der Waals surface area contributed by atoms with Gasteiger partial charge in [-0.1, -0.05) is 31.2 Å². The molecule has 8 nitrogen and oxygen atoms in total. The quantitative estimate of drug-likeness (QED) is 0.175. The van der Waals surface area contributed by atoms with Gasteiger partial charge in [-0.05, 0) is 128 Å². The van der Waals surface area contributed by atoms with E-state index in [2.05, 4.69) is 78.4 Å². The molecule has 246 valence electrons. The number of hydrogen-bond donors (Lipinski definition) is 1. The van der Waals surface area contributed by atoms with E-state index >= 15 is 0 Å². The van der Waals surface area contributed by atoms with Gasteiger partial charge in [-0.15, -0.1) is 0 Å². The molecule has 0 spiro atoms. The molecule has 2 aliphatic rings. The number of hydrogen-bond acceptors (Lipinski definition) is 8. The molecule has 0 aliphatic carbocycles. The monoisotopic (exact) mass is 647 g/mol. The highest BCUT2D eigenvalue weighted by Gasteiger charge is 2.22. The fourth-order valence-electron chi connectivity index (χ4n) is 7.64. The minimum Gasteiger partial charge on any atom is -0.435 e. The van der Waals surface area contributed by atoms with Gasteiger partial charge in [-0.3, -0.25) is 14.8 Å². The Morgan fingerprint density at radius 3 is 2.45 bits per heavy atom. The largest absolute Gasteiger partial charge is 0.435 e. The van der Waals surface area contributed by atoms with Crippen LogP contribution in [0.3, 0.4) is 0 Å². The molecular formula is C41H41N7O. The predicted molar refractivity (Wildman–Crippen MR) is 195 cm³/mol. The van der Waals surface area contributed by atoms with Gasteiger partial charge in [0.2, 0.25) is 5.89 Å². The van der Waals surface area contributed by atoms with Crippen molar-refractivity contribution in [2.24, 2.45) is 5.92 Å². The molecule has 49 heavy (non-hydrogen) atoms. The Balaban J connectivity index is 1.09. The summed E-state index contributed by atoms with van der Waals surface area (Å²) in [7, 11) is 0. The summed E-state index contributed by atoms with van der Waals surface area (Å²) < 4.78 is 6.33. The molecule has 0 amide bonds. The number of rotatable bonds is 8. The Labute approximate surface area is 287 Å². The minimum absolute atomic E-state index is 0.528. The fourth-order valence-corrected chi connectivity index (χ4v) is 7.64. The van der Waals surface area contributed by atoms with E-state index in [1.165, 1.54) is 24.8 Å². The second kappa shape index (κ2) is 13.1. The highest BCUT2D eigenvalue weighted by atomic mass is 16.3. The number of benzene rings is 3. The van der Waals surface area contributed by atoms with Gasteiger partial charge < -0.3 is 9.73 Å². The Morgan fingerprint density at radius 1 is 0.878 bits per heavy atom. The Bertz CT molecular complexity index is 2230. The van der Waals surface area contributed by atoms with Crippen LogP contribution in [-0.4, -0.2) is 50.9 Å². The SMILES string of the molecule is Cc1c(Nc2nccc3cc(CN4CCCC4)cnc23)cccc1-c1cccc(-c2nc3cc(CN4CC[C@@H](C)C4)cc(C#N)c3o2)c1C. The van der Waals surface area contributed by atoms with Gasteiger partial charge in [0.05, 0.1) is 5.56 Å². The molecule has 2 fully saturated rings. The molecule has 1 N–H and O–H groups in total. The number of likely N-dealkylation sites (tertiary alicyclic amines) is 2. The zero-order valence-corrected chi connectivity index (χ0v) is 28.5. The van der Waals surface area contributed by atoms with Crippen molar-refractivity contribution in [3.8, 4) is 28.7 Å². The van der Waals surface area contributed by atoms with Crippen LogP contribution in [0.5, 0.6) is 0 Å². The van der Waals surface area contributed by atoms with Crippen molar-refractivity contribution in [1.82, 2.24) is 24.8 Å². The van der Waals surface area contributed by atoms with E-state index in [4.69, 9.17) is 19.4 Å². The van der Waals surface area contributed by atoms with E-state index < -0.39 is 0 Å². The number of oxazole rings is 1. The summed E-state index contributed by atoms with van der Waals surface area (Å²) in [5.74, 6) is 1.98. The van der Waals surface area contributed by atoms with Crippen LogP contribution in [0.1, 0.15) is 54.0 Å². The van der Waals surface area contributed by atoms with Crippen molar-refractivity contribution >= 4 is 33.5 Å². The third kappa shape index (κ3) is 6.16. The molecule has 0 unspecified atom stereocenters. The Kier molecular flexibility index (Phi) is 8.32. The van der Waals surface area contributed by atoms with Crippen LogP contribution in [0.15, 0.2) is 77.5 Å². The molecule has 0 saturated carbocycles. The van der Waals surface area contributed by atoms with Crippen molar-refractivity contribution in [2.75, 3.05) is 31.5 Å². The number of nitriles is 1. The number of anilines is 2. The highest BCUT2D eigenvalue weighted by Crippen LogP contribution is 2.38. The maximum atomic E-state index is 10.0. The van der Waals surface area contributed by atoms with E-state index in [-0.39, 0.29) is 0 Å². The second-order valence-corrected chi connectivity index (χ2v) is 13.9. The van der Waals surface area contributed by atoms with Gasteiger partial charge in [-0.2, -0.15) is 5.26 Å². The average Bonchev–Trinajstić information content (AvgIpc) is 3.87. The number of nitrogens with zero attached hydrogens (tertiary/aromatic N) is 6. The maximum absolute atomic E-state index is 10.0. The molecule has 2 aliphatic heterocycles. The zero-order valence-electron chi connectivity index (χ0n) is 28.5. The topological polar surface area (TPSA) is 94.1 Å². The lowest BCUT2D eigenvalue weighted by atomic mass is 9.93. The van der Waals surface area contributed by atoms with Crippen LogP contribution in [0.25, 0.3) is 44.6 Å². The van der Waals surface area contributed by atoms with Crippen LogP contribution < -0.4 is 5.32 Å². The fraction of sp³-hybridized carbons (Fsp3) is 0.317. The van der Waals surface area contributed by atoms with Gasteiger partial charge >= 0.3 is 0 Å². The lowest BCUT2D eigenvalue weighted by molar-refractivity contribution is 0.320. The van der Waals surface area contributed by atoms with Gasteiger partial charge in [0.15, 0.2) is 11.4 Å². The van der Waals surface area contributed by atoms with Gasteiger partial charge in [0.25, 0.3) is 0 Å². The molecule has 0 bridgehead atoms. The standard InChI is InChI=1S/C41H41N7O/c1-26-13-17-48(23-26)24-29-18-32(21-42)39-37(20-29)46-41(49-39)35-10-6-8-33(27(35)2)34-9-7-11-36(28(34)3)45-40-38-31(12-14-43-40)19-30(22-44-38)25-47-15-4-5-16-47/h6-12,14,18-20,22,26H,4-5,13,15-17,23-25H2,1-3H3,(H,43,45)/t26-/m1/s1. The molecule has 0 radical (unpaired) electrons. The summed E-state index contributed by atoms with van der Waals surface area (Å²) in [5, 5.41) is 14.7. The Hall–Kier alpha value is -5.10. The van der Waals surface area contributed by atoms with Crippen molar-refractivity contribution in [2.45, 2.75) is 53.1 Å². The normalized spacial score (nSPS) is 16.9. The van der Waals surface area contributed by atoms with Crippen molar-refractivity contribution in [1.29, 1.82) is 5.26 Å². The molecule has 8 rings (SSSR count). The van der Waals surface area contributed by atoms with Gasteiger partial charge in [0.1, 0.15) is 17.1 Å². The number of nitrogens with one attached hydrogen (secondary N) is 1. The average molecular weight is 648 g/mol. The smallest absolute Gasteiger partial charge is 0.227 e. The third-order valence-corrected chi connectivity index (χ3v) is 10.3. The minimum atomic E-state index is 0.528. The highest BCUT2D eigenvalue weighted by molar-refractivity contribution is 5.91. The first-order valence-corrected chi connectivity index (χ1v) is 17.4. The zero-order chi connectivity index (χ0) is 33.5. The number of aromatic nitrogens is 3. The second-order valence-electron chi connectivity index (χ2n) is 13.9. The maximum Gasteiger partial charge on any atom is 0.227 e. The summed E-state index contributed by atoms with van der Waals surface area (Å²) >= 11 is 0. The van der Waals surface area contributed by atoms with Crippen molar-refractivity contribution in [3.63, 3.8) is 0 Å². The van der Waals surface area contributed by atoms with E-state index in [9.17, 15) is 5.26 Å². The van der Waals surface area contributed by atoms with Crippen LogP contribution in [-0.2, 0) is 13.1 Å². The van der Waals surface area contributed by atoms with E-state index in [1.807, 2.05) is 36.7 Å². The van der Waals surface area contributed by atoms with E-state index in [1.54, 1.807) is 0 Å². The first-order valence-electron chi connectivity index (χ1n) is 17.4. The van der Waals surface area contributed by atoms with E-state index in [0.29, 0.717) is 23.0 Å². The van der Waals surface area contributed by atoms with E-state index in [0.717, 1.165) is 101 Å². The third-order valence-electron chi connectivity index (χ3n) is 10.3. The summed E-state index contributed by atoms with van der Waals surface area (Å²) in [6.07, 6.45) is 7.62. The summed E-state index contributed by atoms with van der Waals surface area (Å²) in [4.78, 5) is 19.4. The van der Waals surface area contributed by atoms with Crippen molar-refractivity contribution < 1.29 is 4.42 Å². The molecule has 3 aromatic carbocycles. The molecule has 5 heterocycles. The first kappa shape index (κ1) is 31.2. The molecule has 3 aromatic heterocycles. The summed E-state index contributed by atoms with van der Waals surface area (Å²) in [6.45, 7) is 12.8. The van der Waals surface area contributed by atoms with Gasteiger partial charge in [-0.25, -0.2) is 9.97 Å². The lowest BCUT2D eigenvalue weighted by Gasteiger charge is -2.17. The van der Waals surface area contributed by atoms with Crippen LogP contribution in [0, 0.1) is 31.1 Å². The molecule has 1 atom stereocenters. The number of pyridine rings is 2. The molecular weight excluding hydrogens is 606 g/mol. The molecule has 8 heteroatoms. The lowest BCUT2D eigenvalue weighted by Crippen LogP contribution is -2.19. The summed E-state index contributed by atoms with van der Waals surface area (Å²) in [6, 6.07) is 23.2. The predicted octanol–water partition coefficient (Wildman–Crippen LogP) is 8.77. The van der Waals surface area contributed by atoms with Crippen LogP contribution in [0.2, 0.25) is 0 Å². The summed E-state index contributed by atoms with van der Waals surface area (Å²) in [5.41, 5.74) is 11.3. The van der Waals surface area contributed by atoms with Crippen molar-refractivity contribution in [3.05, 3.63) is 101 Å². The van der Waals surface area contributed by atoms with Crippen LogP contribution >= 0.6 is 0 Å². The molecule has 2 saturated heterocycles. The van der Waals surface area contributed by atoms with Gasteiger partial charge in [0, 0.05) is 48.7 Å².